The Balaban J connectivity index is 1.43. The third-order valence-corrected chi connectivity index (χ3v) is 7.00. The molecular weight excluding hydrogens is 428 g/mol. The van der Waals surface area contributed by atoms with Crippen molar-refractivity contribution in [3.05, 3.63) is 41.1 Å². The molecule has 3 rings (SSSR count). The van der Waals surface area contributed by atoms with E-state index in [-0.39, 0.29) is 30.8 Å². The maximum absolute atomic E-state index is 12.6. The van der Waals surface area contributed by atoms with Crippen molar-refractivity contribution in [2.24, 2.45) is 5.92 Å². The second-order valence-electron chi connectivity index (χ2n) is 9.57. The van der Waals surface area contributed by atoms with E-state index in [0.717, 1.165) is 69.2 Å². The maximum Gasteiger partial charge on any atom is 0.356 e. The standard InChI is InChI=1S/C28H40N2O4/c1-3-33-28(32)27(29)24-12-5-6-13-25(24)30-19-22(31)17-15-21-10-8-11-23(18-16-21)34-26-14-7-4-9-20(26)2/h4,7,9,14,21,23,29-30H,3,5-6,8,10-13,15-19H2,1-2H3. The maximum atomic E-state index is 12.6. The Bertz CT molecular complexity index is 892. The summed E-state index contributed by atoms with van der Waals surface area (Å²) in [5.41, 5.74) is 2.68. The third kappa shape index (κ3) is 7.71. The zero-order valence-electron chi connectivity index (χ0n) is 20.8. The number of allylic oxidation sites excluding steroid dienone is 1. The van der Waals surface area contributed by atoms with E-state index in [4.69, 9.17) is 14.9 Å². The summed E-state index contributed by atoms with van der Waals surface area (Å²) >= 11 is 0. The van der Waals surface area contributed by atoms with Gasteiger partial charge in [-0.2, -0.15) is 0 Å². The molecule has 1 aromatic rings. The van der Waals surface area contributed by atoms with Gasteiger partial charge in [0.25, 0.3) is 0 Å². The molecule has 2 aliphatic rings. The summed E-state index contributed by atoms with van der Waals surface area (Å²) in [6, 6.07) is 8.19. The van der Waals surface area contributed by atoms with Gasteiger partial charge in [-0.3, -0.25) is 10.2 Å². The van der Waals surface area contributed by atoms with E-state index in [9.17, 15) is 9.59 Å². The summed E-state index contributed by atoms with van der Waals surface area (Å²) in [4.78, 5) is 24.6. The van der Waals surface area contributed by atoms with Crippen LogP contribution in [0, 0.1) is 18.3 Å². The van der Waals surface area contributed by atoms with Gasteiger partial charge in [0.2, 0.25) is 0 Å². The highest BCUT2D eigenvalue weighted by Gasteiger charge is 2.24. The molecule has 0 aromatic heterocycles. The number of carbonyl (C=O) groups excluding carboxylic acids is 2. The van der Waals surface area contributed by atoms with Crippen molar-refractivity contribution in [3.63, 3.8) is 0 Å². The van der Waals surface area contributed by atoms with E-state index in [1.165, 1.54) is 5.56 Å². The molecule has 2 atom stereocenters. The summed E-state index contributed by atoms with van der Waals surface area (Å²) in [5, 5.41) is 11.4. The third-order valence-electron chi connectivity index (χ3n) is 7.00. The summed E-state index contributed by atoms with van der Waals surface area (Å²) < 4.78 is 11.3. The van der Waals surface area contributed by atoms with Gasteiger partial charge in [-0.15, -0.1) is 0 Å². The number of para-hydroxylation sites is 1. The van der Waals surface area contributed by atoms with Crippen LogP contribution in [0.5, 0.6) is 5.75 Å². The fraction of sp³-hybridized carbons (Fsp3) is 0.607. The number of carbonyl (C=O) groups is 2. The molecular formula is C28H40N2O4. The van der Waals surface area contributed by atoms with Crippen LogP contribution in [0.25, 0.3) is 0 Å². The van der Waals surface area contributed by atoms with Gasteiger partial charge >= 0.3 is 5.97 Å². The lowest BCUT2D eigenvalue weighted by molar-refractivity contribution is -0.135. The minimum Gasteiger partial charge on any atom is -0.490 e. The smallest absolute Gasteiger partial charge is 0.356 e. The fourth-order valence-corrected chi connectivity index (χ4v) is 4.98. The Kier molecular flexibility index (Phi) is 10.2. The number of rotatable bonds is 11. The van der Waals surface area contributed by atoms with Crippen molar-refractivity contribution < 1.29 is 19.1 Å². The van der Waals surface area contributed by atoms with E-state index in [1.807, 2.05) is 18.2 Å². The Hall–Kier alpha value is -2.63. The molecule has 6 heteroatoms. The molecule has 6 nitrogen and oxygen atoms in total. The highest BCUT2D eigenvalue weighted by atomic mass is 16.5. The van der Waals surface area contributed by atoms with Gasteiger partial charge in [0.15, 0.2) is 5.78 Å². The van der Waals surface area contributed by atoms with Crippen LogP contribution in [0.1, 0.15) is 83.1 Å². The quantitative estimate of drug-likeness (QED) is 0.248. The first-order valence-corrected chi connectivity index (χ1v) is 12.9. The topological polar surface area (TPSA) is 88.5 Å². The number of benzene rings is 1. The van der Waals surface area contributed by atoms with Gasteiger partial charge in [-0.25, -0.2) is 4.79 Å². The highest BCUT2D eigenvalue weighted by Crippen LogP contribution is 2.30. The predicted molar refractivity (Wildman–Crippen MR) is 134 cm³/mol. The molecule has 2 aliphatic carbocycles. The van der Waals surface area contributed by atoms with Crippen LogP contribution in [-0.4, -0.2) is 36.7 Å². The summed E-state index contributed by atoms with van der Waals surface area (Å²) in [6.45, 7) is 4.35. The summed E-state index contributed by atoms with van der Waals surface area (Å²) in [6.07, 6.45) is 10.7. The number of hydrogen-bond donors (Lipinski definition) is 2. The molecule has 2 unspecified atom stereocenters. The van der Waals surface area contributed by atoms with Crippen LogP contribution in [0.3, 0.4) is 0 Å². The normalized spacial score (nSPS) is 20.9. The molecule has 1 saturated carbocycles. The van der Waals surface area contributed by atoms with Crippen molar-refractivity contribution in [2.75, 3.05) is 13.2 Å². The number of hydrogen-bond acceptors (Lipinski definition) is 6. The molecule has 1 aromatic carbocycles. The van der Waals surface area contributed by atoms with Gasteiger partial charge < -0.3 is 14.8 Å². The largest absolute Gasteiger partial charge is 0.490 e. The Morgan fingerprint density at radius 2 is 1.85 bits per heavy atom. The lowest BCUT2D eigenvalue weighted by Crippen LogP contribution is -2.29. The number of Topliss-reactive ketones (excluding diaryl/α,β-unsaturated/α-hetero) is 1. The van der Waals surface area contributed by atoms with Crippen LogP contribution in [0.2, 0.25) is 0 Å². The van der Waals surface area contributed by atoms with Crippen molar-refractivity contribution in [2.45, 2.75) is 90.6 Å². The molecule has 0 amide bonds. The molecule has 0 bridgehead atoms. The van der Waals surface area contributed by atoms with Crippen LogP contribution in [0.15, 0.2) is 35.5 Å². The molecule has 1 fully saturated rings. The van der Waals surface area contributed by atoms with Crippen molar-refractivity contribution in [1.82, 2.24) is 5.32 Å². The fourth-order valence-electron chi connectivity index (χ4n) is 4.98. The Labute approximate surface area is 204 Å². The van der Waals surface area contributed by atoms with Gasteiger partial charge in [-0.05, 0) is 89.2 Å². The molecule has 0 radical (unpaired) electrons. The predicted octanol–water partition coefficient (Wildman–Crippen LogP) is 5.67. The molecule has 186 valence electrons. The molecule has 0 aliphatic heterocycles. The van der Waals surface area contributed by atoms with Crippen LogP contribution in [0.4, 0.5) is 0 Å². The zero-order valence-corrected chi connectivity index (χ0v) is 20.8. The van der Waals surface area contributed by atoms with Gasteiger partial charge in [0, 0.05) is 17.7 Å². The Morgan fingerprint density at radius 3 is 2.65 bits per heavy atom. The molecule has 0 heterocycles. The van der Waals surface area contributed by atoms with E-state index in [1.54, 1.807) is 6.92 Å². The minimum absolute atomic E-state index is 0.0718. The van der Waals surface area contributed by atoms with Crippen molar-refractivity contribution in [1.29, 1.82) is 5.41 Å². The minimum atomic E-state index is -0.580. The average Bonchev–Trinajstić information content (AvgIpc) is 3.08. The van der Waals surface area contributed by atoms with E-state index in [2.05, 4.69) is 18.3 Å². The van der Waals surface area contributed by atoms with Crippen LogP contribution < -0.4 is 10.1 Å². The van der Waals surface area contributed by atoms with Crippen LogP contribution >= 0.6 is 0 Å². The first kappa shape index (κ1) is 26.0. The highest BCUT2D eigenvalue weighted by molar-refractivity contribution is 6.42. The second-order valence-corrected chi connectivity index (χ2v) is 9.57. The van der Waals surface area contributed by atoms with Crippen molar-refractivity contribution >= 4 is 17.5 Å². The molecule has 2 N–H and O–H groups in total. The van der Waals surface area contributed by atoms with Crippen molar-refractivity contribution in [3.8, 4) is 5.75 Å². The van der Waals surface area contributed by atoms with Gasteiger partial charge in [-0.1, -0.05) is 24.6 Å². The van der Waals surface area contributed by atoms with E-state index >= 15 is 0 Å². The SMILES string of the molecule is CCOC(=O)C(=N)C1=C(NCC(=O)CCC2CCCC(Oc3ccccc3C)CC2)CCCC1. The number of ketones is 1. The number of esters is 1. The van der Waals surface area contributed by atoms with E-state index in [0.29, 0.717) is 24.3 Å². The summed E-state index contributed by atoms with van der Waals surface area (Å²) in [5.74, 6) is 1.16. The van der Waals surface area contributed by atoms with E-state index < -0.39 is 5.97 Å². The molecule has 34 heavy (non-hydrogen) atoms. The average molecular weight is 469 g/mol. The lowest BCUT2D eigenvalue weighted by atomic mass is 9.92. The number of aryl methyl sites for hydroxylation is 1. The second kappa shape index (κ2) is 13.3. The Morgan fingerprint density at radius 1 is 1.06 bits per heavy atom. The number of nitrogens with one attached hydrogen (secondary N) is 2. The van der Waals surface area contributed by atoms with Gasteiger partial charge in [0.05, 0.1) is 19.3 Å². The first-order valence-electron chi connectivity index (χ1n) is 12.9. The van der Waals surface area contributed by atoms with Crippen LogP contribution in [-0.2, 0) is 14.3 Å². The monoisotopic (exact) mass is 468 g/mol. The summed E-state index contributed by atoms with van der Waals surface area (Å²) in [7, 11) is 0. The molecule has 0 saturated heterocycles. The van der Waals surface area contributed by atoms with Gasteiger partial charge in [0.1, 0.15) is 11.5 Å². The number of ether oxygens (including phenoxy) is 2. The molecule has 0 spiro atoms. The lowest BCUT2D eigenvalue weighted by Gasteiger charge is -2.21. The zero-order chi connectivity index (χ0) is 24.3. The first-order chi connectivity index (χ1) is 16.5.